The van der Waals surface area contributed by atoms with Gasteiger partial charge in [0, 0.05) is 10.6 Å². The Balaban J connectivity index is 2.21. The lowest BCUT2D eigenvalue weighted by atomic mass is 10.0. The Kier molecular flexibility index (Phi) is 8.61. The molecule has 0 aliphatic carbocycles. The van der Waals surface area contributed by atoms with Crippen LogP contribution in [0, 0.1) is 0 Å². The standard InChI is InChI=1S/C22H29ClN2O3/c1-5-27-20-12-9-17(15-21(20)28-6-2)22(26)24-19(13-14-25(3)4)16-7-10-18(23)11-8-16/h7-12,15,19H,5-6,13-14H2,1-4H3,(H,24,26). The van der Waals surface area contributed by atoms with Crippen LogP contribution in [0.3, 0.4) is 0 Å². The van der Waals surface area contributed by atoms with Crippen LogP contribution < -0.4 is 14.8 Å². The summed E-state index contributed by atoms with van der Waals surface area (Å²) in [4.78, 5) is 15.0. The molecule has 0 saturated heterocycles. The third kappa shape index (κ3) is 6.43. The van der Waals surface area contributed by atoms with E-state index in [0.29, 0.717) is 35.3 Å². The van der Waals surface area contributed by atoms with Gasteiger partial charge in [-0.05, 0) is 76.8 Å². The minimum Gasteiger partial charge on any atom is -0.490 e. The van der Waals surface area contributed by atoms with Gasteiger partial charge in [-0.2, -0.15) is 0 Å². The molecule has 1 atom stereocenters. The number of amides is 1. The lowest BCUT2D eigenvalue weighted by Crippen LogP contribution is -2.31. The van der Waals surface area contributed by atoms with Crippen LogP contribution in [0.25, 0.3) is 0 Å². The molecule has 6 heteroatoms. The van der Waals surface area contributed by atoms with Crippen LogP contribution in [0.5, 0.6) is 11.5 Å². The SMILES string of the molecule is CCOc1ccc(C(=O)NC(CCN(C)C)c2ccc(Cl)cc2)cc1OCC. The highest BCUT2D eigenvalue weighted by Gasteiger charge is 2.18. The van der Waals surface area contributed by atoms with Crippen molar-refractivity contribution in [3.8, 4) is 11.5 Å². The molecule has 0 spiro atoms. The van der Waals surface area contributed by atoms with Gasteiger partial charge in [0.2, 0.25) is 0 Å². The monoisotopic (exact) mass is 404 g/mol. The topological polar surface area (TPSA) is 50.8 Å². The second kappa shape index (κ2) is 10.9. The molecule has 0 bridgehead atoms. The molecule has 152 valence electrons. The maximum absolute atomic E-state index is 12.9. The van der Waals surface area contributed by atoms with Crippen LogP contribution in [-0.4, -0.2) is 44.7 Å². The van der Waals surface area contributed by atoms with Gasteiger partial charge in [-0.3, -0.25) is 4.79 Å². The molecule has 1 unspecified atom stereocenters. The second-order valence-electron chi connectivity index (χ2n) is 6.70. The van der Waals surface area contributed by atoms with Crippen LogP contribution in [0.4, 0.5) is 0 Å². The fourth-order valence-electron chi connectivity index (χ4n) is 2.84. The van der Waals surface area contributed by atoms with Gasteiger partial charge in [0.05, 0.1) is 19.3 Å². The third-order valence-electron chi connectivity index (χ3n) is 4.25. The smallest absolute Gasteiger partial charge is 0.251 e. The first-order valence-electron chi connectivity index (χ1n) is 9.55. The highest BCUT2D eigenvalue weighted by molar-refractivity contribution is 6.30. The third-order valence-corrected chi connectivity index (χ3v) is 4.50. The molecule has 1 amide bonds. The van der Waals surface area contributed by atoms with Gasteiger partial charge < -0.3 is 19.7 Å². The Morgan fingerprint density at radius 1 is 1.04 bits per heavy atom. The first-order chi connectivity index (χ1) is 13.4. The number of carbonyl (C=O) groups excluding carboxylic acids is 1. The highest BCUT2D eigenvalue weighted by atomic mass is 35.5. The van der Waals surface area contributed by atoms with E-state index in [4.69, 9.17) is 21.1 Å². The van der Waals surface area contributed by atoms with Crippen molar-refractivity contribution in [1.29, 1.82) is 0 Å². The molecule has 0 fully saturated rings. The summed E-state index contributed by atoms with van der Waals surface area (Å²) in [5, 5.41) is 3.82. The predicted octanol–water partition coefficient (Wildman–Crippen LogP) is 4.56. The zero-order chi connectivity index (χ0) is 20.5. The molecule has 2 aromatic carbocycles. The maximum Gasteiger partial charge on any atom is 0.251 e. The molecule has 28 heavy (non-hydrogen) atoms. The molecular formula is C22H29ClN2O3. The minimum absolute atomic E-state index is 0.116. The van der Waals surface area contributed by atoms with Crippen LogP contribution in [0.1, 0.15) is 42.2 Å². The van der Waals surface area contributed by atoms with Crippen LogP contribution >= 0.6 is 11.6 Å². The van der Waals surface area contributed by atoms with Gasteiger partial charge in [0.15, 0.2) is 11.5 Å². The molecule has 1 N–H and O–H groups in total. The van der Waals surface area contributed by atoms with E-state index in [0.717, 1.165) is 18.5 Å². The summed E-state index contributed by atoms with van der Waals surface area (Å²) in [6.45, 7) is 5.70. The van der Waals surface area contributed by atoms with Gasteiger partial charge >= 0.3 is 0 Å². The van der Waals surface area contributed by atoms with E-state index >= 15 is 0 Å². The van der Waals surface area contributed by atoms with Crippen molar-refractivity contribution in [2.45, 2.75) is 26.3 Å². The van der Waals surface area contributed by atoms with Crippen LogP contribution in [0.2, 0.25) is 5.02 Å². The van der Waals surface area contributed by atoms with Crippen molar-refractivity contribution < 1.29 is 14.3 Å². The summed E-state index contributed by atoms with van der Waals surface area (Å²) in [5.74, 6) is 1.07. The van der Waals surface area contributed by atoms with Crippen molar-refractivity contribution in [1.82, 2.24) is 10.2 Å². The summed E-state index contributed by atoms with van der Waals surface area (Å²) in [5.41, 5.74) is 1.56. The largest absolute Gasteiger partial charge is 0.490 e. The fraction of sp³-hybridized carbons (Fsp3) is 0.409. The Morgan fingerprint density at radius 2 is 1.68 bits per heavy atom. The molecule has 0 aromatic heterocycles. The van der Waals surface area contributed by atoms with Crippen molar-refractivity contribution in [3.05, 3.63) is 58.6 Å². The number of hydrogen-bond acceptors (Lipinski definition) is 4. The predicted molar refractivity (Wildman–Crippen MR) is 114 cm³/mol. The Bertz CT molecular complexity index is 763. The summed E-state index contributed by atoms with van der Waals surface area (Å²) >= 11 is 6.01. The number of halogens is 1. The zero-order valence-corrected chi connectivity index (χ0v) is 17.8. The van der Waals surface area contributed by atoms with E-state index in [1.165, 1.54) is 0 Å². The van der Waals surface area contributed by atoms with Crippen molar-refractivity contribution in [3.63, 3.8) is 0 Å². The molecule has 0 aliphatic heterocycles. The molecule has 2 aromatic rings. The van der Waals surface area contributed by atoms with Crippen molar-refractivity contribution in [2.75, 3.05) is 33.9 Å². The fourth-order valence-corrected chi connectivity index (χ4v) is 2.96. The summed E-state index contributed by atoms with van der Waals surface area (Å²) in [7, 11) is 4.03. The van der Waals surface area contributed by atoms with E-state index in [1.54, 1.807) is 18.2 Å². The van der Waals surface area contributed by atoms with E-state index in [9.17, 15) is 4.79 Å². The lowest BCUT2D eigenvalue weighted by molar-refractivity contribution is 0.0932. The number of ether oxygens (including phenoxy) is 2. The molecule has 0 heterocycles. The molecular weight excluding hydrogens is 376 g/mol. The Hall–Kier alpha value is -2.24. The molecule has 2 rings (SSSR count). The Labute approximate surface area is 172 Å². The number of nitrogens with one attached hydrogen (secondary N) is 1. The average molecular weight is 405 g/mol. The van der Waals surface area contributed by atoms with E-state index in [2.05, 4.69) is 10.2 Å². The van der Waals surface area contributed by atoms with Crippen molar-refractivity contribution in [2.24, 2.45) is 0 Å². The summed E-state index contributed by atoms with van der Waals surface area (Å²) in [6, 6.07) is 12.7. The molecule has 5 nitrogen and oxygen atoms in total. The first kappa shape index (κ1) is 22.1. The minimum atomic E-state index is -0.150. The Morgan fingerprint density at radius 3 is 2.29 bits per heavy atom. The summed E-state index contributed by atoms with van der Waals surface area (Å²) in [6.07, 6.45) is 0.787. The average Bonchev–Trinajstić information content (AvgIpc) is 2.67. The van der Waals surface area contributed by atoms with Gasteiger partial charge in [-0.15, -0.1) is 0 Å². The van der Waals surface area contributed by atoms with E-state index in [1.807, 2.05) is 52.2 Å². The number of nitrogens with zero attached hydrogens (tertiary/aromatic N) is 1. The van der Waals surface area contributed by atoms with Gasteiger partial charge in [0.1, 0.15) is 0 Å². The molecule has 0 saturated carbocycles. The van der Waals surface area contributed by atoms with Crippen LogP contribution in [0.15, 0.2) is 42.5 Å². The van der Waals surface area contributed by atoms with Gasteiger partial charge in [-0.25, -0.2) is 0 Å². The number of carbonyl (C=O) groups is 1. The number of benzene rings is 2. The quantitative estimate of drug-likeness (QED) is 0.630. The van der Waals surface area contributed by atoms with Gasteiger partial charge in [-0.1, -0.05) is 23.7 Å². The number of hydrogen-bond donors (Lipinski definition) is 1. The van der Waals surface area contributed by atoms with E-state index < -0.39 is 0 Å². The van der Waals surface area contributed by atoms with Gasteiger partial charge in [0.25, 0.3) is 5.91 Å². The molecule has 0 aliphatic rings. The summed E-state index contributed by atoms with van der Waals surface area (Å²) < 4.78 is 11.2. The maximum atomic E-state index is 12.9. The molecule has 0 radical (unpaired) electrons. The van der Waals surface area contributed by atoms with Crippen molar-refractivity contribution >= 4 is 17.5 Å². The number of rotatable bonds is 10. The van der Waals surface area contributed by atoms with Crippen LogP contribution in [-0.2, 0) is 0 Å². The first-order valence-corrected chi connectivity index (χ1v) is 9.93. The second-order valence-corrected chi connectivity index (χ2v) is 7.13. The highest BCUT2D eigenvalue weighted by Crippen LogP contribution is 2.29. The normalized spacial score (nSPS) is 11.9. The lowest BCUT2D eigenvalue weighted by Gasteiger charge is -2.22. The zero-order valence-electron chi connectivity index (χ0n) is 17.0. The van der Waals surface area contributed by atoms with E-state index in [-0.39, 0.29) is 11.9 Å².